The van der Waals surface area contributed by atoms with Gasteiger partial charge >= 0.3 is 25.6 Å². The molecule has 330 valence electrons. The number of rotatable bonds is 45. The summed E-state index contributed by atoms with van der Waals surface area (Å²) in [5.74, 6) is 8.40. The van der Waals surface area contributed by atoms with E-state index in [1.54, 1.807) is 23.5 Å². The smallest absolute Gasteiger partial charge is 0.330 e. The van der Waals surface area contributed by atoms with Crippen LogP contribution in [-0.4, -0.2) is 192 Å². The number of ether oxygens (including phenoxy) is 9. The van der Waals surface area contributed by atoms with Gasteiger partial charge < -0.3 is 51.7 Å². The number of hydrogen-bond acceptors (Lipinski definition) is 21. The van der Waals surface area contributed by atoms with Crippen LogP contribution < -0.4 is 14.2 Å². The average Bonchev–Trinajstić information content (AvgIpc) is 3.21. The minimum Gasteiger partial charge on any atom is -0.463 e. The molecule has 0 N–H and O–H groups in total. The Bertz CT molecular complexity index is 1000. The van der Waals surface area contributed by atoms with Crippen molar-refractivity contribution >= 4 is 79.9 Å². The third kappa shape index (κ3) is 35.2. The quantitative estimate of drug-likeness (QED) is 0.0476. The SMILES string of the molecule is COP(=O)(CCSCCOCCOCCSCCCOc1nc(OCCCSCCOCCOCCS)nc(OCCCSCCOCCOCCS)n1)OC. The van der Waals surface area contributed by atoms with Crippen molar-refractivity contribution in [3.8, 4) is 18.0 Å². The molecule has 1 aromatic rings. The Morgan fingerprint density at radius 3 is 1.04 bits per heavy atom. The van der Waals surface area contributed by atoms with Crippen LogP contribution in [-0.2, 0) is 42.0 Å². The van der Waals surface area contributed by atoms with E-state index in [-0.39, 0.29) is 18.0 Å². The molecule has 0 atom stereocenters. The zero-order valence-electron chi connectivity index (χ0n) is 33.2. The minimum atomic E-state index is -2.93. The summed E-state index contributed by atoms with van der Waals surface area (Å²) >= 11 is 15.3. The largest absolute Gasteiger partial charge is 0.463 e. The molecule has 0 aliphatic carbocycles. The molecule has 1 heterocycles. The second kappa shape index (κ2) is 42.1. The molecule has 1 rings (SSSR count). The number of nitrogens with zero attached hydrogens (tertiary/aromatic N) is 3. The molecule has 22 heteroatoms. The number of thiol groups is 2. The topological polar surface area (TPSA) is 157 Å². The summed E-state index contributed by atoms with van der Waals surface area (Å²) in [6.45, 7) is 8.80. The lowest BCUT2D eigenvalue weighted by Gasteiger charge is -2.12. The Labute approximate surface area is 363 Å². The lowest BCUT2D eigenvalue weighted by atomic mass is 10.5. The molecule has 0 saturated carbocycles. The standard InChI is InChI=1S/C34H66N3O12PS6/c1-39-50(38,40-2)21-31-56-30-20-46-14-13-45-19-29-55-26-5-8-49-34-36-32(47-6-3-24-53-27-17-43-11-9-41-15-22-51)35-33(37-34)48-7-4-25-54-28-18-44-12-10-42-16-23-52/h51-52H,3-31H2,1-2H3. The van der Waals surface area contributed by atoms with Crippen molar-refractivity contribution in [3.05, 3.63) is 0 Å². The molecule has 1 aromatic heterocycles. The second-order valence-corrected chi connectivity index (χ2v) is 19.3. The summed E-state index contributed by atoms with van der Waals surface area (Å²) < 4.78 is 72.6. The normalized spacial score (nSPS) is 11.7. The summed E-state index contributed by atoms with van der Waals surface area (Å²) in [4.78, 5) is 13.1. The van der Waals surface area contributed by atoms with Crippen LogP contribution in [0.2, 0.25) is 0 Å². The van der Waals surface area contributed by atoms with Gasteiger partial charge in [-0.2, -0.15) is 72.3 Å². The second-order valence-electron chi connectivity index (χ2n) is 11.1. The molecule has 0 spiro atoms. The van der Waals surface area contributed by atoms with E-state index < -0.39 is 7.60 Å². The molecule has 0 unspecified atom stereocenters. The number of hydrogen-bond donors (Lipinski definition) is 2. The predicted molar refractivity (Wildman–Crippen MR) is 239 cm³/mol. The Kier molecular flexibility index (Phi) is 40.9. The first-order chi connectivity index (χ1) is 27.6. The minimum absolute atomic E-state index is 0.191. The monoisotopic (exact) mass is 931 g/mol. The van der Waals surface area contributed by atoms with Gasteiger partial charge in [-0.15, -0.1) is 15.0 Å². The molecular weight excluding hydrogens is 866 g/mol. The van der Waals surface area contributed by atoms with Gasteiger partial charge in [0.25, 0.3) is 0 Å². The highest BCUT2D eigenvalue weighted by Gasteiger charge is 2.19. The Hall–Kier alpha value is 0.420. The molecule has 0 bridgehead atoms. The summed E-state index contributed by atoms with van der Waals surface area (Å²) in [7, 11) is -0.115. The summed E-state index contributed by atoms with van der Waals surface area (Å²) in [6, 6.07) is 0.579. The molecule has 15 nitrogen and oxygen atoms in total. The Morgan fingerprint density at radius 2 is 0.732 bits per heavy atom. The van der Waals surface area contributed by atoms with E-state index >= 15 is 0 Å². The first kappa shape index (κ1) is 54.4. The first-order valence-electron chi connectivity index (χ1n) is 18.9. The zero-order chi connectivity index (χ0) is 40.5. The van der Waals surface area contributed by atoms with Gasteiger partial charge in [-0.05, 0) is 36.5 Å². The van der Waals surface area contributed by atoms with E-state index in [9.17, 15) is 4.57 Å². The van der Waals surface area contributed by atoms with Gasteiger partial charge in [0.05, 0.1) is 105 Å². The fraction of sp³-hybridized carbons (Fsp3) is 0.912. The highest BCUT2D eigenvalue weighted by Crippen LogP contribution is 2.46. The van der Waals surface area contributed by atoms with Crippen LogP contribution in [0.1, 0.15) is 19.3 Å². The van der Waals surface area contributed by atoms with Crippen LogP contribution in [0.25, 0.3) is 0 Å². The van der Waals surface area contributed by atoms with Gasteiger partial charge in [-0.1, -0.05) is 0 Å². The maximum atomic E-state index is 12.0. The van der Waals surface area contributed by atoms with Gasteiger partial charge in [-0.25, -0.2) is 0 Å². The van der Waals surface area contributed by atoms with E-state index in [2.05, 4.69) is 40.2 Å². The van der Waals surface area contributed by atoms with Gasteiger partial charge in [0.1, 0.15) is 0 Å². The van der Waals surface area contributed by atoms with E-state index in [1.807, 2.05) is 23.5 Å². The predicted octanol–water partition coefficient (Wildman–Crippen LogP) is 5.56. The van der Waals surface area contributed by atoms with E-state index in [0.717, 1.165) is 59.5 Å². The van der Waals surface area contributed by atoms with E-state index in [1.165, 1.54) is 14.2 Å². The molecule has 0 aromatic carbocycles. The highest BCUT2D eigenvalue weighted by molar-refractivity contribution is 8.00. The lowest BCUT2D eigenvalue weighted by Crippen LogP contribution is -2.11. The molecule has 0 radical (unpaired) electrons. The lowest BCUT2D eigenvalue weighted by molar-refractivity contribution is 0.0605. The summed E-state index contributed by atoms with van der Waals surface area (Å²) in [6.07, 6.45) is 2.88. The van der Waals surface area contributed by atoms with Crippen molar-refractivity contribution in [1.82, 2.24) is 15.0 Å². The van der Waals surface area contributed by atoms with Crippen LogP contribution in [0.4, 0.5) is 0 Å². The van der Waals surface area contributed by atoms with Crippen LogP contribution in [0.5, 0.6) is 18.0 Å². The van der Waals surface area contributed by atoms with Crippen molar-refractivity contribution in [1.29, 1.82) is 0 Å². The van der Waals surface area contributed by atoms with Crippen molar-refractivity contribution in [3.63, 3.8) is 0 Å². The van der Waals surface area contributed by atoms with Crippen molar-refractivity contribution in [2.75, 3.05) is 177 Å². The van der Waals surface area contributed by atoms with Crippen LogP contribution in [0.15, 0.2) is 0 Å². The molecule has 56 heavy (non-hydrogen) atoms. The molecular formula is C34H66N3O12PS6. The zero-order valence-corrected chi connectivity index (χ0v) is 39.2. The van der Waals surface area contributed by atoms with Crippen molar-refractivity contribution in [2.45, 2.75) is 19.3 Å². The number of thioether (sulfide) groups is 4. The average molecular weight is 932 g/mol. The summed E-state index contributed by atoms with van der Waals surface area (Å²) in [5.41, 5.74) is 0. The van der Waals surface area contributed by atoms with Gasteiger partial charge in [0, 0.05) is 54.5 Å². The van der Waals surface area contributed by atoms with Gasteiger partial charge in [-0.3, -0.25) is 4.57 Å². The van der Waals surface area contributed by atoms with Gasteiger partial charge in [0.15, 0.2) is 0 Å². The van der Waals surface area contributed by atoms with E-state index in [0.29, 0.717) is 123 Å². The third-order valence-corrected chi connectivity index (χ3v) is 13.3. The van der Waals surface area contributed by atoms with Crippen LogP contribution in [0.3, 0.4) is 0 Å². The maximum Gasteiger partial charge on any atom is 0.330 e. The molecule has 0 aliphatic heterocycles. The summed E-state index contributed by atoms with van der Waals surface area (Å²) in [5, 5.41) is 0. The van der Waals surface area contributed by atoms with Crippen molar-refractivity contribution in [2.24, 2.45) is 0 Å². The first-order valence-corrected chi connectivity index (χ1v) is 26.5. The third-order valence-electron chi connectivity index (χ3n) is 6.71. The highest BCUT2D eigenvalue weighted by atomic mass is 32.2. The molecule has 0 saturated heterocycles. The number of aromatic nitrogens is 3. The fourth-order valence-electron chi connectivity index (χ4n) is 3.90. The Balaban J connectivity index is 2.26. The van der Waals surface area contributed by atoms with E-state index in [4.69, 9.17) is 51.7 Å². The van der Waals surface area contributed by atoms with Crippen molar-refractivity contribution < 1.29 is 56.2 Å². The molecule has 0 aliphatic rings. The fourth-order valence-corrected chi connectivity index (χ4v) is 8.80. The Morgan fingerprint density at radius 1 is 0.429 bits per heavy atom. The van der Waals surface area contributed by atoms with Crippen LogP contribution >= 0.6 is 79.9 Å². The van der Waals surface area contributed by atoms with Crippen LogP contribution in [0, 0.1) is 0 Å². The van der Waals surface area contributed by atoms with Gasteiger partial charge in [0.2, 0.25) is 0 Å². The molecule has 0 amide bonds. The molecule has 0 fully saturated rings. The maximum absolute atomic E-state index is 12.0.